The number of hydrogen-bond acceptors (Lipinski definition) is 8. The van der Waals surface area contributed by atoms with Crippen LogP contribution in [0.1, 0.15) is 39.9 Å². The molecule has 9 nitrogen and oxygen atoms in total. The molecule has 41 heavy (non-hydrogen) atoms. The lowest BCUT2D eigenvalue weighted by atomic mass is 10.0. The van der Waals surface area contributed by atoms with E-state index in [2.05, 4.69) is 26.7 Å². The summed E-state index contributed by atoms with van der Waals surface area (Å²) < 4.78 is 13.7. The number of amides is 1. The molecule has 214 valence electrons. The van der Waals surface area contributed by atoms with Gasteiger partial charge in [-0.1, -0.05) is 36.9 Å². The number of aliphatic hydroxyl groups is 1. The van der Waals surface area contributed by atoms with Gasteiger partial charge in [0.05, 0.1) is 25.8 Å². The van der Waals surface area contributed by atoms with E-state index in [-0.39, 0.29) is 25.7 Å². The number of allylic oxidation sites excluding steroid dienone is 1. The van der Waals surface area contributed by atoms with Crippen molar-refractivity contribution in [3.8, 4) is 22.9 Å². The number of aliphatic hydroxyl groups excluding tert-OH is 1. The summed E-state index contributed by atoms with van der Waals surface area (Å²) in [6.45, 7) is 10.5. The normalized spacial score (nSPS) is 11.4. The zero-order chi connectivity index (χ0) is 29.5. The first-order valence-electron chi connectivity index (χ1n) is 13.1. The summed E-state index contributed by atoms with van der Waals surface area (Å²) in [5.74, 6) is 2.77. The largest absolute Gasteiger partial charge is 0.497 e. The topological polar surface area (TPSA) is 125 Å². The quantitative estimate of drug-likeness (QED) is 0.210. The van der Waals surface area contributed by atoms with Crippen molar-refractivity contribution in [2.45, 2.75) is 33.9 Å². The van der Waals surface area contributed by atoms with Crippen LogP contribution < -0.4 is 20.5 Å². The lowest BCUT2D eigenvalue weighted by molar-refractivity contribution is -0.115. The van der Waals surface area contributed by atoms with Crippen molar-refractivity contribution in [3.63, 3.8) is 0 Å². The van der Waals surface area contributed by atoms with Crippen LogP contribution in [0.2, 0.25) is 0 Å². The minimum absolute atomic E-state index is 0.140. The Kier molecular flexibility index (Phi) is 9.59. The van der Waals surface area contributed by atoms with Crippen molar-refractivity contribution in [2.24, 2.45) is 5.73 Å². The predicted octanol–water partition coefficient (Wildman–Crippen LogP) is 4.70. The number of carbonyl (C=O) groups is 1. The van der Waals surface area contributed by atoms with Crippen molar-refractivity contribution >= 4 is 28.5 Å². The van der Waals surface area contributed by atoms with E-state index in [1.165, 1.54) is 11.3 Å². The van der Waals surface area contributed by atoms with E-state index in [1.54, 1.807) is 20.1 Å². The number of rotatable bonds is 12. The molecule has 0 aliphatic heterocycles. The molecule has 2 heterocycles. The molecule has 0 unspecified atom stereocenters. The van der Waals surface area contributed by atoms with Gasteiger partial charge in [-0.2, -0.15) is 0 Å². The summed E-state index contributed by atoms with van der Waals surface area (Å²) in [4.78, 5) is 13.4. The molecule has 0 atom stereocenters. The molecule has 0 saturated heterocycles. The van der Waals surface area contributed by atoms with Gasteiger partial charge in [-0.25, -0.2) is 0 Å². The van der Waals surface area contributed by atoms with Crippen molar-refractivity contribution in [2.75, 3.05) is 20.3 Å². The summed E-state index contributed by atoms with van der Waals surface area (Å²) in [6.07, 6.45) is 1.73. The van der Waals surface area contributed by atoms with Gasteiger partial charge in [-0.15, -0.1) is 21.5 Å². The molecule has 0 aliphatic carbocycles. The average Bonchev–Trinajstić information content (AvgIpc) is 3.55. The Morgan fingerprint density at radius 1 is 1.20 bits per heavy atom. The molecular weight excluding hydrogens is 538 g/mol. The third kappa shape index (κ3) is 6.67. The summed E-state index contributed by atoms with van der Waals surface area (Å²) in [6, 6.07) is 13.9. The molecule has 2 aromatic heterocycles. The van der Waals surface area contributed by atoms with Gasteiger partial charge in [0.15, 0.2) is 5.82 Å². The number of nitrogens with zero attached hydrogens (tertiary/aromatic N) is 3. The Morgan fingerprint density at radius 2 is 1.95 bits per heavy atom. The second-order valence-electron chi connectivity index (χ2n) is 9.45. The first-order valence-corrected chi connectivity index (χ1v) is 14.0. The summed E-state index contributed by atoms with van der Waals surface area (Å²) in [5, 5.41) is 22.5. The Labute approximate surface area is 244 Å². The smallest absolute Gasteiger partial charge is 0.252 e. The Bertz CT molecular complexity index is 1570. The minimum Gasteiger partial charge on any atom is -0.497 e. The maximum Gasteiger partial charge on any atom is 0.252 e. The number of hydrogen-bond donors (Lipinski definition) is 3. The van der Waals surface area contributed by atoms with Gasteiger partial charge < -0.3 is 30.2 Å². The number of benzene rings is 2. The van der Waals surface area contributed by atoms with E-state index in [9.17, 15) is 4.79 Å². The summed E-state index contributed by atoms with van der Waals surface area (Å²) in [7, 11) is 1.65. The fraction of sp³-hybridized carbons (Fsp3) is 0.258. The zero-order valence-electron chi connectivity index (χ0n) is 23.7. The molecule has 10 heteroatoms. The van der Waals surface area contributed by atoms with Crippen LogP contribution >= 0.6 is 11.3 Å². The second kappa shape index (κ2) is 13.3. The fourth-order valence-corrected chi connectivity index (χ4v) is 5.59. The van der Waals surface area contributed by atoms with E-state index in [4.69, 9.17) is 20.3 Å². The van der Waals surface area contributed by atoms with Crippen LogP contribution in [0.25, 0.3) is 22.7 Å². The Hall–Kier alpha value is -4.41. The molecule has 2 aromatic carbocycles. The van der Waals surface area contributed by atoms with E-state index < -0.39 is 0 Å². The number of carbonyl (C=O) groups excluding carboxylic acids is 1. The van der Waals surface area contributed by atoms with E-state index in [1.807, 2.05) is 61.7 Å². The van der Waals surface area contributed by atoms with Gasteiger partial charge in [0, 0.05) is 33.8 Å². The molecule has 0 spiro atoms. The number of thiophene rings is 1. The fourth-order valence-electron chi connectivity index (χ4n) is 4.43. The average molecular weight is 574 g/mol. The van der Waals surface area contributed by atoms with Crippen LogP contribution in [0.15, 0.2) is 60.5 Å². The van der Waals surface area contributed by atoms with Gasteiger partial charge in [0.25, 0.3) is 5.91 Å². The Morgan fingerprint density at radius 3 is 2.61 bits per heavy atom. The predicted molar refractivity (Wildman–Crippen MR) is 163 cm³/mol. The lowest BCUT2D eigenvalue weighted by Gasteiger charge is -2.14. The first kappa shape index (κ1) is 29.6. The summed E-state index contributed by atoms with van der Waals surface area (Å²) in [5.41, 5.74) is 11.5. The van der Waals surface area contributed by atoms with Gasteiger partial charge in [0.2, 0.25) is 0 Å². The molecular formula is C31H35N5O4S. The van der Waals surface area contributed by atoms with Gasteiger partial charge in [-0.05, 0) is 55.5 Å². The van der Waals surface area contributed by atoms with Gasteiger partial charge in [-0.3, -0.25) is 4.79 Å². The van der Waals surface area contributed by atoms with Crippen molar-refractivity contribution < 1.29 is 19.4 Å². The van der Waals surface area contributed by atoms with Crippen molar-refractivity contribution in [3.05, 3.63) is 93.5 Å². The lowest BCUT2D eigenvalue weighted by Crippen LogP contribution is -2.27. The highest BCUT2D eigenvalue weighted by Gasteiger charge is 2.21. The third-order valence-electron chi connectivity index (χ3n) is 6.63. The zero-order valence-corrected chi connectivity index (χ0v) is 24.5. The number of methoxy groups -OCH3 is 1. The van der Waals surface area contributed by atoms with Crippen LogP contribution in [-0.2, 0) is 17.9 Å². The van der Waals surface area contributed by atoms with E-state index in [0.717, 1.165) is 39.7 Å². The molecule has 0 saturated carbocycles. The minimum atomic E-state index is -0.282. The number of aromatic nitrogens is 3. The standard InChI is InChI=1S/C31H35N5O4S/c1-6-26(31(38)33-13-14-37)29-28(20(3)32)24(18-41-29)17-40-27-15-23(10-7-19(27)2)30-35-34-21(4)36(30)16-22-8-11-25(39-5)12-9-22/h6-12,15,18,37H,3,13-14,16-17,32H2,1-2,4-5H3,(H,33,38)/b26-6+. The molecule has 0 aliphatic rings. The summed E-state index contributed by atoms with van der Waals surface area (Å²) >= 11 is 1.40. The van der Waals surface area contributed by atoms with Gasteiger partial charge in [0.1, 0.15) is 23.9 Å². The molecule has 4 rings (SSSR count). The number of nitrogens with two attached hydrogens (primary N) is 1. The molecule has 4 N–H and O–H groups in total. The second-order valence-corrected chi connectivity index (χ2v) is 10.3. The van der Waals surface area contributed by atoms with Gasteiger partial charge >= 0.3 is 0 Å². The number of aryl methyl sites for hydroxylation is 2. The Balaban J connectivity index is 1.58. The highest BCUT2D eigenvalue weighted by molar-refractivity contribution is 7.12. The highest BCUT2D eigenvalue weighted by atomic mass is 32.1. The van der Waals surface area contributed by atoms with Crippen LogP contribution in [0.5, 0.6) is 11.5 Å². The SMILES string of the molecule is C=C(N)c1c(COc2cc(-c3nnc(C)n3Cc3ccc(OC)cc3)ccc2C)csc1/C(=C\C)C(=O)NCCO. The highest BCUT2D eigenvalue weighted by Crippen LogP contribution is 2.34. The molecule has 0 radical (unpaired) electrons. The number of nitrogens with one attached hydrogen (secondary N) is 1. The van der Waals surface area contributed by atoms with Crippen LogP contribution in [-0.4, -0.2) is 46.0 Å². The third-order valence-corrected chi connectivity index (χ3v) is 7.69. The molecule has 0 fully saturated rings. The molecule has 4 aromatic rings. The first-order chi connectivity index (χ1) is 19.8. The van der Waals surface area contributed by atoms with E-state index >= 15 is 0 Å². The van der Waals surface area contributed by atoms with E-state index in [0.29, 0.717) is 34.0 Å². The maximum atomic E-state index is 12.7. The molecule has 0 bridgehead atoms. The monoisotopic (exact) mass is 573 g/mol. The van der Waals surface area contributed by atoms with Crippen molar-refractivity contribution in [1.82, 2.24) is 20.1 Å². The maximum absolute atomic E-state index is 12.7. The van der Waals surface area contributed by atoms with Crippen LogP contribution in [0.4, 0.5) is 0 Å². The molecule has 1 amide bonds. The van der Waals surface area contributed by atoms with Crippen LogP contribution in [0, 0.1) is 13.8 Å². The van der Waals surface area contributed by atoms with Crippen LogP contribution in [0.3, 0.4) is 0 Å². The van der Waals surface area contributed by atoms with Crippen molar-refractivity contribution in [1.29, 1.82) is 0 Å². The number of ether oxygens (including phenoxy) is 2.